The highest BCUT2D eigenvalue weighted by Gasteiger charge is 2.19. The Hall–Kier alpha value is -3.67. The Kier molecular flexibility index (Phi) is 63.7. The maximum absolute atomic E-state index is 12.9. The third-order valence-electron chi connectivity index (χ3n) is 14.6. The van der Waals surface area contributed by atoms with Crippen molar-refractivity contribution >= 4 is 17.9 Å². The lowest BCUT2D eigenvalue weighted by Gasteiger charge is -2.18. The zero-order valence-electron chi connectivity index (χ0n) is 52.1. The Balaban J connectivity index is 4.22. The van der Waals surface area contributed by atoms with E-state index in [4.69, 9.17) is 14.2 Å². The summed E-state index contributed by atoms with van der Waals surface area (Å²) in [5.74, 6) is -0.983. The van der Waals surface area contributed by atoms with Gasteiger partial charge in [-0.3, -0.25) is 14.4 Å². The molecule has 0 saturated heterocycles. The van der Waals surface area contributed by atoms with Crippen LogP contribution in [0.5, 0.6) is 0 Å². The lowest BCUT2D eigenvalue weighted by Crippen LogP contribution is -2.30. The number of allylic oxidation sites excluding steroid dienone is 16. The first kappa shape index (κ1) is 75.3. The van der Waals surface area contributed by atoms with Crippen LogP contribution in [-0.2, 0) is 28.6 Å². The Morgan fingerprint density at radius 1 is 0.266 bits per heavy atom. The van der Waals surface area contributed by atoms with Gasteiger partial charge in [-0.25, -0.2) is 0 Å². The molecule has 0 aliphatic heterocycles. The summed E-state index contributed by atoms with van der Waals surface area (Å²) < 4.78 is 16.8. The van der Waals surface area contributed by atoms with Gasteiger partial charge in [-0.1, -0.05) is 298 Å². The van der Waals surface area contributed by atoms with Crippen LogP contribution in [0.4, 0.5) is 0 Å². The van der Waals surface area contributed by atoms with Crippen LogP contribution < -0.4 is 0 Å². The zero-order valence-corrected chi connectivity index (χ0v) is 52.1. The van der Waals surface area contributed by atoms with E-state index in [2.05, 4.69) is 112 Å². The van der Waals surface area contributed by atoms with Crippen LogP contribution in [0, 0.1) is 0 Å². The van der Waals surface area contributed by atoms with Gasteiger partial charge in [0.25, 0.3) is 0 Å². The molecule has 1 unspecified atom stereocenters. The SMILES string of the molecule is CC/C=C\C/C=C\C/C=C\C/C=C\CCC(=O)OCC(COC(=O)CCCCCCCCCCCCCCCCCCCCC/C=C\C/C=C\CCCCCCC)OC(=O)CCCCCCCCC/C=C\C/C=C\CCCCC. The third-order valence-corrected chi connectivity index (χ3v) is 14.6. The molecule has 0 heterocycles. The van der Waals surface area contributed by atoms with Gasteiger partial charge in [0, 0.05) is 19.3 Å². The summed E-state index contributed by atoms with van der Waals surface area (Å²) in [6.45, 7) is 6.45. The molecule has 0 spiro atoms. The largest absolute Gasteiger partial charge is 0.462 e. The summed E-state index contributed by atoms with van der Waals surface area (Å²) in [6, 6.07) is 0. The van der Waals surface area contributed by atoms with Crippen molar-refractivity contribution in [1.82, 2.24) is 0 Å². The molecular formula is C73H126O6. The van der Waals surface area contributed by atoms with Crippen molar-refractivity contribution in [2.75, 3.05) is 13.2 Å². The second kappa shape index (κ2) is 66.8. The van der Waals surface area contributed by atoms with Crippen LogP contribution in [0.15, 0.2) is 97.2 Å². The smallest absolute Gasteiger partial charge is 0.306 e. The molecule has 1 atom stereocenters. The number of rotatable bonds is 61. The number of ether oxygens (including phenoxy) is 3. The second-order valence-corrected chi connectivity index (χ2v) is 22.3. The van der Waals surface area contributed by atoms with Gasteiger partial charge in [0.2, 0.25) is 0 Å². The molecule has 0 rings (SSSR count). The van der Waals surface area contributed by atoms with E-state index < -0.39 is 6.10 Å². The fraction of sp³-hybridized carbons (Fsp3) is 0.740. The van der Waals surface area contributed by atoms with Gasteiger partial charge in [0.1, 0.15) is 13.2 Å². The summed E-state index contributed by atoms with van der Waals surface area (Å²) in [4.78, 5) is 38.3. The van der Waals surface area contributed by atoms with E-state index in [1.807, 2.05) is 6.08 Å². The summed E-state index contributed by atoms with van der Waals surface area (Å²) in [7, 11) is 0. The summed E-state index contributed by atoms with van der Waals surface area (Å²) in [5, 5.41) is 0. The molecule has 6 nitrogen and oxygen atoms in total. The van der Waals surface area contributed by atoms with E-state index in [0.29, 0.717) is 19.3 Å². The maximum atomic E-state index is 12.9. The van der Waals surface area contributed by atoms with Crippen molar-refractivity contribution in [1.29, 1.82) is 0 Å². The predicted octanol–water partition coefficient (Wildman–Crippen LogP) is 23.2. The standard InChI is InChI=1S/C73H126O6/c1-4-7-10-13-16-19-22-25-27-29-30-31-32-33-34-35-36-37-38-39-40-41-42-44-45-48-51-54-57-60-63-66-72(75)78-69-70(68-77-71(74)65-62-59-56-53-50-47-24-21-18-15-12-9-6-3)79-73(76)67-64-61-58-55-52-49-46-43-28-26-23-20-17-14-11-8-5-2/h9,12,17-18,20-22,25-26,28-30,47,50,56,59,70H,4-8,10-11,13-16,19,23-24,27,31-46,48-49,51-55,57-58,60-69H2,1-3H3/b12-9-,20-17-,21-18-,25-22-,28-26-,30-29-,50-47-,59-56-. The summed E-state index contributed by atoms with van der Waals surface area (Å²) >= 11 is 0. The quantitative estimate of drug-likeness (QED) is 0.0261. The number of esters is 3. The molecule has 6 heteroatoms. The molecule has 0 aliphatic rings. The van der Waals surface area contributed by atoms with Gasteiger partial charge in [-0.15, -0.1) is 0 Å². The number of unbranched alkanes of at least 4 members (excludes halogenated alkanes) is 34. The fourth-order valence-electron chi connectivity index (χ4n) is 9.52. The Morgan fingerprint density at radius 3 is 0.873 bits per heavy atom. The Bertz CT molecular complexity index is 1540. The van der Waals surface area contributed by atoms with Crippen LogP contribution >= 0.6 is 0 Å². The molecule has 0 bridgehead atoms. The highest BCUT2D eigenvalue weighted by Crippen LogP contribution is 2.17. The molecule has 0 radical (unpaired) electrons. The molecule has 79 heavy (non-hydrogen) atoms. The van der Waals surface area contributed by atoms with Crippen molar-refractivity contribution in [3.63, 3.8) is 0 Å². The number of hydrogen-bond donors (Lipinski definition) is 0. The predicted molar refractivity (Wildman–Crippen MR) is 344 cm³/mol. The van der Waals surface area contributed by atoms with Gasteiger partial charge in [0.15, 0.2) is 6.10 Å². The van der Waals surface area contributed by atoms with Gasteiger partial charge in [-0.05, 0) is 109 Å². The molecule has 0 aromatic carbocycles. The number of carbonyl (C=O) groups is 3. The van der Waals surface area contributed by atoms with E-state index in [1.165, 1.54) is 199 Å². The molecule has 0 fully saturated rings. The minimum atomic E-state index is -0.811. The molecule has 0 N–H and O–H groups in total. The van der Waals surface area contributed by atoms with E-state index >= 15 is 0 Å². The molecule has 0 aromatic heterocycles. The van der Waals surface area contributed by atoms with E-state index in [0.717, 1.165) is 83.5 Å². The molecule has 0 amide bonds. The minimum Gasteiger partial charge on any atom is -0.462 e. The highest BCUT2D eigenvalue weighted by atomic mass is 16.6. The Morgan fingerprint density at radius 2 is 0.519 bits per heavy atom. The average molecular weight is 1100 g/mol. The average Bonchev–Trinajstić information content (AvgIpc) is 3.45. The van der Waals surface area contributed by atoms with Crippen LogP contribution in [-0.4, -0.2) is 37.2 Å². The number of hydrogen-bond acceptors (Lipinski definition) is 6. The van der Waals surface area contributed by atoms with Crippen molar-refractivity contribution in [3.8, 4) is 0 Å². The van der Waals surface area contributed by atoms with Crippen molar-refractivity contribution in [2.45, 2.75) is 335 Å². The van der Waals surface area contributed by atoms with Crippen LogP contribution in [0.3, 0.4) is 0 Å². The minimum absolute atomic E-state index is 0.101. The normalized spacial score (nSPS) is 12.7. The van der Waals surface area contributed by atoms with E-state index in [1.54, 1.807) is 0 Å². The molecule has 0 aromatic rings. The van der Waals surface area contributed by atoms with E-state index in [9.17, 15) is 14.4 Å². The van der Waals surface area contributed by atoms with Crippen LogP contribution in [0.2, 0.25) is 0 Å². The van der Waals surface area contributed by atoms with Crippen molar-refractivity contribution in [3.05, 3.63) is 97.2 Å². The summed E-state index contributed by atoms with van der Waals surface area (Å²) in [5.41, 5.74) is 0. The molecule has 0 saturated carbocycles. The third kappa shape index (κ3) is 65.0. The molecular weight excluding hydrogens is 973 g/mol. The first-order valence-corrected chi connectivity index (χ1v) is 33.7. The van der Waals surface area contributed by atoms with Crippen LogP contribution in [0.1, 0.15) is 329 Å². The van der Waals surface area contributed by atoms with Gasteiger partial charge >= 0.3 is 17.9 Å². The lowest BCUT2D eigenvalue weighted by molar-refractivity contribution is -0.166. The first-order chi connectivity index (χ1) is 39.0. The maximum Gasteiger partial charge on any atom is 0.306 e. The molecule has 0 aliphatic carbocycles. The van der Waals surface area contributed by atoms with E-state index in [-0.39, 0.29) is 37.5 Å². The fourth-order valence-corrected chi connectivity index (χ4v) is 9.52. The zero-order chi connectivity index (χ0) is 57.1. The Labute approximate surface area is 489 Å². The van der Waals surface area contributed by atoms with Crippen molar-refractivity contribution in [2.24, 2.45) is 0 Å². The topological polar surface area (TPSA) is 78.9 Å². The van der Waals surface area contributed by atoms with Gasteiger partial charge < -0.3 is 14.2 Å². The monoisotopic (exact) mass is 1100 g/mol. The molecule has 454 valence electrons. The first-order valence-electron chi connectivity index (χ1n) is 33.7. The lowest BCUT2D eigenvalue weighted by atomic mass is 10.0. The summed E-state index contributed by atoms with van der Waals surface area (Å²) in [6.07, 6.45) is 90.3. The van der Waals surface area contributed by atoms with Gasteiger partial charge in [-0.2, -0.15) is 0 Å². The highest BCUT2D eigenvalue weighted by molar-refractivity contribution is 5.71. The van der Waals surface area contributed by atoms with Crippen LogP contribution in [0.25, 0.3) is 0 Å². The van der Waals surface area contributed by atoms with Gasteiger partial charge in [0.05, 0.1) is 0 Å². The number of carbonyl (C=O) groups excluding carboxylic acids is 3. The van der Waals surface area contributed by atoms with Crippen molar-refractivity contribution < 1.29 is 28.6 Å². The second-order valence-electron chi connectivity index (χ2n) is 22.3.